The number of benzene rings is 2. The van der Waals surface area contributed by atoms with Crippen molar-refractivity contribution in [3.63, 3.8) is 0 Å². The predicted molar refractivity (Wildman–Crippen MR) is 120 cm³/mol. The molecule has 6 heteroatoms. The molecule has 1 aliphatic heterocycles. The molecule has 0 saturated carbocycles. The number of hydrogen-bond donors (Lipinski definition) is 1. The van der Waals surface area contributed by atoms with Crippen LogP contribution in [0.4, 0.5) is 11.6 Å². The lowest BCUT2D eigenvalue weighted by Crippen LogP contribution is -2.50. The molecule has 2 heterocycles. The molecule has 1 atom stereocenters. The summed E-state index contributed by atoms with van der Waals surface area (Å²) < 4.78 is 0. The van der Waals surface area contributed by atoms with Gasteiger partial charge in [0.15, 0.2) is 0 Å². The van der Waals surface area contributed by atoms with Gasteiger partial charge in [-0.1, -0.05) is 36.4 Å². The van der Waals surface area contributed by atoms with Gasteiger partial charge in [-0.3, -0.25) is 9.69 Å². The third-order valence-electron chi connectivity index (χ3n) is 5.37. The Morgan fingerprint density at radius 3 is 2.17 bits per heavy atom. The second-order valence-electron chi connectivity index (χ2n) is 7.75. The van der Waals surface area contributed by atoms with E-state index in [9.17, 15) is 4.79 Å². The Labute approximate surface area is 177 Å². The molecule has 1 N–H and O–H groups in total. The van der Waals surface area contributed by atoms with Crippen molar-refractivity contribution in [2.24, 2.45) is 0 Å². The minimum Gasteiger partial charge on any atom is -0.338 e. The van der Waals surface area contributed by atoms with Crippen LogP contribution in [0, 0.1) is 13.8 Å². The molecule has 2 aromatic carbocycles. The number of rotatable bonds is 5. The van der Waals surface area contributed by atoms with E-state index >= 15 is 0 Å². The predicted octanol–water partition coefficient (Wildman–Crippen LogP) is 3.60. The maximum absolute atomic E-state index is 13.4. The number of carbonyl (C=O) groups is 1. The normalized spacial score (nSPS) is 15.6. The molecule has 4 rings (SSSR count). The van der Waals surface area contributed by atoms with Crippen LogP contribution in [0.5, 0.6) is 0 Å². The van der Waals surface area contributed by atoms with Crippen LogP contribution in [0.15, 0.2) is 67.0 Å². The summed E-state index contributed by atoms with van der Waals surface area (Å²) in [4.78, 5) is 26.5. The molecular weight excluding hydrogens is 374 g/mol. The lowest BCUT2D eigenvalue weighted by Gasteiger charge is -2.38. The topological polar surface area (TPSA) is 61.4 Å². The number of carbonyl (C=O) groups excluding carboxylic acids is 1. The fourth-order valence-electron chi connectivity index (χ4n) is 4.06. The zero-order chi connectivity index (χ0) is 20.9. The first-order chi connectivity index (χ1) is 14.6. The van der Waals surface area contributed by atoms with E-state index in [1.807, 2.05) is 62.4 Å². The Bertz CT molecular complexity index is 965. The summed E-state index contributed by atoms with van der Waals surface area (Å²) in [6.07, 6.45) is 3.53. The van der Waals surface area contributed by atoms with Gasteiger partial charge in [-0.15, -0.1) is 0 Å². The molecular formula is C24H27N5O. The van der Waals surface area contributed by atoms with E-state index in [2.05, 4.69) is 31.2 Å². The SMILES string of the molecule is Cc1cc(C)cc(NC(=O)C(c2ccccc2)N2CCN(c3ncccn3)CC2)c1. The van der Waals surface area contributed by atoms with E-state index in [4.69, 9.17) is 0 Å². The van der Waals surface area contributed by atoms with Gasteiger partial charge in [0.05, 0.1) is 0 Å². The number of amides is 1. The molecule has 1 fully saturated rings. The summed E-state index contributed by atoms with van der Waals surface area (Å²) in [5.74, 6) is 0.740. The number of nitrogens with zero attached hydrogens (tertiary/aromatic N) is 4. The van der Waals surface area contributed by atoms with Gasteiger partial charge in [0.25, 0.3) is 0 Å². The van der Waals surface area contributed by atoms with Gasteiger partial charge < -0.3 is 10.2 Å². The van der Waals surface area contributed by atoms with Gasteiger partial charge in [-0.25, -0.2) is 9.97 Å². The smallest absolute Gasteiger partial charge is 0.246 e. The lowest BCUT2D eigenvalue weighted by atomic mass is 10.0. The average molecular weight is 402 g/mol. The number of nitrogens with one attached hydrogen (secondary N) is 1. The van der Waals surface area contributed by atoms with Gasteiger partial charge in [-0.05, 0) is 48.7 Å². The van der Waals surface area contributed by atoms with Crippen molar-refractivity contribution < 1.29 is 4.79 Å². The van der Waals surface area contributed by atoms with Crippen molar-refractivity contribution >= 4 is 17.5 Å². The van der Waals surface area contributed by atoms with Crippen molar-refractivity contribution in [3.05, 3.63) is 83.7 Å². The zero-order valence-corrected chi connectivity index (χ0v) is 17.5. The molecule has 1 aliphatic rings. The van der Waals surface area contributed by atoms with Crippen molar-refractivity contribution in [2.75, 3.05) is 36.4 Å². The molecule has 30 heavy (non-hydrogen) atoms. The molecule has 1 amide bonds. The minimum atomic E-state index is -0.342. The van der Waals surface area contributed by atoms with Crippen LogP contribution >= 0.6 is 0 Å². The Balaban J connectivity index is 1.53. The fraction of sp³-hybridized carbons (Fsp3) is 0.292. The van der Waals surface area contributed by atoms with E-state index in [-0.39, 0.29) is 11.9 Å². The number of piperazine rings is 1. The van der Waals surface area contributed by atoms with Crippen LogP contribution in [-0.4, -0.2) is 47.0 Å². The largest absolute Gasteiger partial charge is 0.338 e. The summed E-state index contributed by atoms with van der Waals surface area (Å²) >= 11 is 0. The van der Waals surface area contributed by atoms with Gasteiger partial charge in [0.2, 0.25) is 11.9 Å². The fourth-order valence-corrected chi connectivity index (χ4v) is 4.06. The highest BCUT2D eigenvalue weighted by Gasteiger charge is 2.31. The van der Waals surface area contributed by atoms with Gasteiger partial charge in [0, 0.05) is 44.3 Å². The Morgan fingerprint density at radius 2 is 1.53 bits per heavy atom. The van der Waals surface area contributed by atoms with Crippen molar-refractivity contribution in [3.8, 4) is 0 Å². The molecule has 0 spiro atoms. The Hall–Kier alpha value is -3.25. The van der Waals surface area contributed by atoms with E-state index < -0.39 is 0 Å². The molecule has 0 aliphatic carbocycles. The van der Waals surface area contributed by atoms with Gasteiger partial charge in [0.1, 0.15) is 6.04 Å². The van der Waals surface area contributed by atoms with Crippen LogP contribution in [0.25, 0.3) is 0 Å². The summed E-state index contributed by atoms with van der Waals surface area (Å²) in [5.41, 5.74) is 4.12. The molecule has 1 aromatic heterocycles. The van der Waals surface area contributed by atoms with Crippen molar-refractivity contribution in [2.45, 2.75) is 19.9 Å². The maximum atomic E-state index is 13.4. The maximum Gasteiger partial charge on any atom is 0.246 e. The molecule has 154 valence electrons. The zero-order valence-electron chi connectivity index (χ0n) is 17.5. The molecule has 0 bridgehead atoms. The van der Waals surface area contributed by atoms with E-state index in [0.717, 1.165) is 54.5 Å². The van der Waals surface area contributed by atoms with Gasteiger partial charge >= 0.3 is 0 Å². The number of hydrogen-bond acceptors (Lipinski definition) is 5. The second kappa shape index (κ2) is 9.05. The van der Waals surface area contributed by atoms with E-state index in [1.165, 1.54) is 0 Å². The van der Waals surface area contributed by atoms with Gasteiger partial charge in [-0.2, -0.15) is 0 Å². The summed E-state index contributed by atoms with van der Waals surface area (Å²) in [5, 5.41) is 3.14. The lowest BCUT2D eigenvalue weighted by molar-refractivity contribution is -0.121. The minimum absolute atomic E-state index is 0.00406. The molecule has 1 unspecified atom stereocenters. The van der Waals surface area contributed by atoms with Crippen LogP contribution in [0.2, 0.25) is 0 Å². The quantitative estimate of drug-likeness (QED) is 0.708. The molecule has 0 radical (unpaired) electrons. The first-order valence-corrected chi connectivity index (χ1v) is 10.3. The first-order valence-electron chi connectivity index (χ1n) is 10.3. The number of aromatic nitrogens is 2. The third kappa shape index (κ3) is 4.66. The van der Waals surface area contributed by atoms with E-state index in [0.29, 0.717) is 0 Å². The highest BCUT2D eigenvalue weighted by molar-refractivity contribution is 5.95. The van der Waals surface area contributed by atoms with E-state index in [1.54, 1.807) is 12.4 Å². The monoisotopic (exact) mass is 401 g/mol. The third-order valence-corrected chi connectivity index (χ3v) is 5.37. The molecule has 1 saturated heterocycles. The van der Waals surface area contributed by atoms with Crippen molar-refractivity contribution in [1.82, 2.24) is 14.9 Å². The van der Waals surface area contributed by atoms with Crippen LogP contribution in [0.1, 0.15) is 22.7 Å². The number of anilines is 2. The summed E-state index contributed by atoms with van der Waals surface area (Å²) in [6.45, 7) is 7.18. The molecule has 6 nitrogen and oxygen atoms in total. The standard InChI is InChI=1S/C24H27N5O/c1-18-15-19(2)17-21(16-18)27-23(30)22(20-7-4-3-5-8-20)28-11-13-29(14-12-28)24-25-9-6-10-26-24/h3-10,15-17,22H,11-14H2,1-2H3,(H,27,30). The van der Waals surface area contributed by atoms with Crippen LogP contribution < -0.4 is 10.2 Å². The highest BCUT2D eigenvalue weighted by Crippen LogP contribution is 2.25. The van der Waals surface area contributed by atoms with Crippen molar-refractivity contribution in [1.29, 1.82) is 0 Å². The first kappa shape index (κ1) is 20.0. The summed E-state index contributed by atoms with van der Waals surface area (Å²) in [6, 6.07) is 17.6. The highest BCUT2D eigenvalue weighted by atomic mass is 16.2. The Morgan fingerprint density at radius 1 is 0.900 bits per heavy atom. The molecule has 3 aromatic rings. The average Bonchev–Trinajstić information content (AvgIpc) is 2.75. The summed E-state index contributed by atoms with van der Waals surface area (Å²) in [7, 11) is 0. The van der Waals surface area contributed by atoms with Crippen LogP contribution in [-0.2, 0) is 4.79 Å². The number of aryl methyl sites for hydroxylation is 2. The Kier molecular flexibility index (Phi) is 6.05. The van der Waals surface area contributed by atoms with Crippen LogP contribution in [0.3, 0.4) is 0 Å². The second-order valence-corrected chi connectivity index (χ2v) is 7.75.